The van der Waals surface area contributed by atoms with Crippen LogP contribution in [0.3, 0.4) is 0 Å². The summed E-state index contributed by atoms with van der Waals surface area (Å²) in [4.78, 5) is 0. The molecule has 0 aliphatic heterocycles. The molecule has 70 valence electrons. The summed E-state index contributed by atoms with van der Waals surface area (Å²) in [5.74, 6) is 0. The Morgan fingerprint density at radius 2 is 1.79 bits per heavy atom. The number of alkyl halides is 1. The molecule has 0 bridgehead atoms. The predicted octanol–water partition coefficient (Wildman–Crippen LogP) is 3.63. The third kappa shape index (κ3) is 2.46. The van der Waals surface area contributed by atoms with Crippen molar-refractivity contribution in [3.05, 3.63) is 53.6 Å². The quantitative estimate of drug-likeness (QED) is 0.524. The monoisotopic (exact) mass is 370 g/mol. The van der Waals surface area contributed by atoms with Gasteiger partial charge in [-0.15, -0.1) is 11.6 Å². The van der Waals surface area contributed by atoms with Crippen LogP contribution in [0.15, 0.2) is 48.1 Å². The van der Waals surface area contributed by atoms with Gasteiger partial charge in [0.1, 0.15) is 0 Å². The van der Waals surface area contributed by atoms with Gasteiger partial charge in [-0.1, -0.05) is 48.1 Å². The molecule has 1 aliphatic carbocycles. The number of allylic oxidation sites excluding steroid dienone is 4. The summed E-state index contributed by atoms with van der Waals surface area (Å²) in [6.45, 7) is 2.06. The molecule has 14 heavy (non-hydrogen) atoms. The van der Waals surface area contributed by atoms with Gasteiger partial charge in [0.05, 0.1) is 5.38 Å². The van der Waals surface area contributed by atoms with Crippen LogP contribution in [-0.2, 0) is 25.8 Å². The Morgan fingerprint density at radius 3 is 2.29 bits per heavy atom. The van der Waals surface area contributed by atoms with Gasteiger partial charge in [-0.25, -0.2) is 0 Å². The molecule has 1 aliphatic rings. The second-order valence-electron chi connectivity index (χ2n) is 3.28. The zero-order chi connectivity index (χ0) is 9.26. The van der Waals surface area contributed by atoms with E-state index in [4.69, 9.17) is 11.6 Å². The Hall–Kier alpha value is -0.140. The minimum atomic E-state index is 0. The van der Waals surface area contributed by atoms with E-state index < -0.39 is 0 Å². The summed E-state index contributed by atoms with van der Waals surface area (Å²) in [6, 6.07) is 10.3. The van der Waals surface area contributed by atoms with E-state index in [9.17, 15) is 0 Å². The zero-order valence-corrected chi connectivity index (χ0v) is 12.3. The van der Waals surface area contributed by atoms with Crippen LogP contribution < -0.4 is 0 Å². The van der Waals surface area contributed by atoms with Gasteiger partial charge in [0.25, 0.3) is 0 Å². The molecular weight excluding hydrogens is 358 g/mol. The third-order valence-electron chi connectivity index (χ3n) is 2.25. The molecule has 0 N–H and O–H groups in total. The molecule has 2 heteroatoms. The van der Waals surface area contributed by atoms with E-state index in [0.717, 1.165) is 0 Å². The van der Waals surface area contributed by atoms with Crippen molar-refractivity contribution in [1.29, 1.82) is 0 Å². The number of halogens is 1. The van der Waals surface area contributed by atoms with Crippen LogP contribution in [0.25, 0.3) is 5.57 Å². The Bertz CT molecular complexity index is 365. The van der Waals surface area contributed by atoms with Gasteiger partial charge in [-0.3, -0.25) is 0 Å². The molecular formula is C12H11ClHf. The van der Waals surface area contributed by atoms with Gasteiger partial charge in [0.2, 0.25) is 0 Å². The largest absolute Gasteiger partial charge is 0.114 e. The molecule has 1 atom stereocenters. The van der Waals surface area contributed by atoms with Gasteiger partial charge in [0, 0.05) is 25.8 Å². The fraction of sp³-hybridized carbons (Fsp3) is 0.167. The fourth-order valence-corrected chi connectivity index (χ4v) is 1.67. The van der Waals surface area contributed by atoms with Crippen LogP contribution in [0.1, 0.15) is 12.5 Å². The molecule has 0 saturated heterocycles. The Kier molecular flexibility index (Phi) is 4.33. The second kappa shape index (κ2) is 5.09. The summed E-state index contributed by atoms with van der Waals surface area (Å²) in [5, 5.41) is 0.0789. The molecule has 0 nitrogen and oxygen atoms in total. The molecule has 0 amide bonds. The van der Waals surface area contributed by atoms with Crippen LogP contribution in [0.4, 0.5) is 0 Å². The van der Waals surface area contributed by atoms with Crippen LogP contribution in [-0.4, -0.2) is 5.38 Å². The predicted molar refractivity (Wildman–Crippen MR) is 57.8 cm³/mol. The summed E-state index contributed by atoms with van der Waals surface area (Å²) in [5.41, 5.74) is 3.70. The number of hydrogen-bond donors (Lipinski definition) is 0. The molecule has 0 spiro atoms. The Balaban J connectivity index is 0.000000980. The van der Waals surface area contributed by atoms with Crippen molar-refractivity contribution in [2.24, 2.45) is 0 Å². The first-order valence-corrected chi connectivity index (χ1v) is 4.80. The van der Waals surface area contributed by atoms with E-state index in [1.165, 1.54) is 16.7 Å². The first kappa shape index (κ1) is 11.9. The van der Waals surface area contributed by atoms with Gasteiger partial charge in [0.15, 0.2) is 0 Å². The summed E-state index contributed by atoms with van der Waals surface area (Å²) < 4.78 is 0. The molecule has 1 aromatic carbocycles. The number of benzene rings is 1. The zero-order valence-electron chi connectivity index (χ0n) is 8.00. The SMILES string of the molecule is CC1=CC(c2ccccc2)=CC1Cl.[Hf]. The van der Waals surface area contributed by atoms with E-state index in [1.54, 1.807) is 0 Å². The first-order valence-electron chi connectivity index (χ1n) is 4.37. The van der Waals surface area contributed by atoms with Crippen molar-refractivity contribution >= 4 is 17.2 Å². The first-order chi connectivity index (χ1) is 6.27. The molecule has 1 unspecified atom stereocenters. The van der Waals surface area contributed by atoms with Gasteiger partial charge >= 0.3 is 0 Å². The van der Waals surface area contributed by atoms with E-state index in [2.05, 4.69) is 31.2 Å². The van der Waals surface area contributed by atoms with Crippen molar-refractivity contribution in [3.8, 4) is 0 Å². The summed E-state index contributed by atoms with van der Waals surface area (Å²) in [7, 11) is 0. The molecule has 0 fully saturated rings. The molecule has 1 aromatic rings. The van der Waals surface area contributed by atoms with Crippen LogP contribution in [0.2, 0.25) is 0 Å². The normalized spacial score (nSPS) is 19.7. The minimum Gasteiger partial charge on any atom is -0.114 e. The standard InChI is InChI=1S/C12H11Cl.Hf/c1-9-7-11(8-12(9)13)10-5-3-2-4-6-10;/h2-8,12H,1H3;. The maximum absolute atomic E-state index is 6.06. The number of rotatable bonds is 1. The molecule has 2 rings (SSSR count). The summed E-state index contributed by atoms with van der Waals surface area (Å²) in [6.07, 6.45) is 4.24. The summed E-state index contributed by atoms with van der Waals surface area (Å²) >= 11 is 6.06. The smallest absolute Gasteiger partial charge is 0.0735 e. The van der Waals surface area contributed by atoms with Gasteiger partial charge in [-0.05, 0) is 18.1 Å². The van der Waals surface area contributed by atoms with Gasteiger partial charge < -0.3 is 0 Å². The van der Waals surface area contributed by atoms with E-state index in [-0.39, 0.29) is 31.2 Å². The maximum Gasteiger partial charge on any atom is 0.0735 e. The second-order valence-corrected chi connectivity index (χ2v) is 3.75. The van der Waals surface area contributed by atoms with Crippen molar-refractivity contribution < 1.29 is 25.8 Å². The van der Waals surface area contributed by atoms with E-state index >= 15 is 0 Å². The van der Waals surface area contributed by atoms with Gasteiger partial charge in [-0.2, -0.15) is 0 Å². The minimum absolute atomic E-state index is 0. The number of hydrogen-bond acceptors (Lipinski definition) is 0. The van der Waals surface area contributed by atoms with Crippen molar-refractivity contribution in [2.45, 2.75) is 12.3 Å². The topological polar surface area (TPSA) is 0 Å². The van der Waals surface area contributed by atoms with Crippen LogP contribution in [0.5, 0.6) is 0 Å². The maximum atomic E-state index is 6.06. The van der Waals surface area contributed by atoms with E-state index in [1.807, 2.05) is 18.2 Å². The van der Waals surface area contributed by atoms with Crippen molar-refractivity contribution in [2.75, 3.05) is 0 Å². The third-order valence-corrected chi connectivity index (χ3v) is 2.72. The molecule has 0 saturated carbocycles. The molecule has 0 aromatic heterocycles. The Labute approximate surface area is 108 Å². The Morgan fingerprint density at radius 1 is 1.14 bits per heavy atom. The van der Waals surface area contributed by atoms with Crippen LogP contribution >= 0.6 is 11.6 Å². The van der Waals surface area contributed by atoms with E-state index in [0.29, 0.717) is 0 Å². The fourth-order valence-electron chi connectivity index (χ4n) is 1.47. The molecule has 0 radical (unpaired) electrons. The van der Waals surface area contributed by atoms with Crippen LogP contribution in [0, 0.1) is 0 Å². The molecule has 0 heterocycles. The average molecular weight is 369 g/mol. The average Bonchev–Trinajstić information content (AvgIpc) is 2.49. The van der Waals surface area contributed by atoms with Crippen molar-refractivity contribution in [1.82, 2.24) is 0 Å². The van der Waals surface area contributed by atoms with Crippen molar-refractivity contribution in [3.63, 3.8) is 0 Å².